The van der Waals surface area contributed by atoms with Gasteiger partial charge in [-0.3, -0.25) is 38.4 Å². The van der Waals surface area contributed by atoms with Crippen LogP contribution in [0.2, 0.25) is 0 Å². The van der Waals surface area contributed by atoms with Crippen molar-refractivity contribution in [3.8, 4) is 0 Å². The fraction of sp³-hybridized carbons (Fsp3) is 0.670. The third-order valence-corrected chi connectivity index (χ3v) is 27.5. The Morgan fingerprint density at radius 1 is 0.342 bits per heavy atom. The molecule has 10 heterocycles. The number of amidine groups is 5. The monoisotopic (exact) mass is 2210 g/mol. The lowest BCUT2D eigenvalue weighted by molar-refractivity contribution is -0.175. The van der Waals surface area contributed by atoms with Crippen LogP contribution in [0.4, 0.5) is 22.0 Å². The Labute approximate surface area is 893 Å². The number of nitrogens with two attached hydrogens (primary N) is 6. The van der Waals surface area contributed by atoms with E-state index >= 15 is 13.2 Å². The summed E-state index contributed by atoms with van der Waals surface area (Å²) < 4.78 is 148. The van der Waals surface area contributed by atoms with E-state index in [-0.39, 0.29) is 165 Å². The van der Waals surface area contributed by atoms with Gasteiger partial charge in [0.25, 0.3) is 0 Å². The molecule has 838 valence electrons. The third kappa shape index (κ3) is 35.7. The van der Waals surface area contributed by atoms with E-state index in [1.165, 1.54) is 85.9 Å². The fourth-order valence-corrected chi connectivity index (χ4v) is 17.6. The number of hydrogen-bond donors (Lipinski definition) is 8. The van der Waals surface area contributed by atoms with Crippen LogP contribution in [0, 0.1) is 5.92 Å². The molecule has 14 N–H and O–H groups in total. The van der Waals surface area contributed by atoms with Crippen LogP contribution in [0.3, 0.4) is 0 Å². The highest BCUT2D eigenvalue weighted by atomic mass is 35.5. The van der Waals surface area contributed by atoms with Crippen LogP contribution >= 0.6 is 58.0 Å². The first-order chi connectivity index (χ1) is 70.8. The lowest BCUT2D eigenvalue weighted by atomic mass is 9.98. The van der Waals surface area contributed by atoms with E-state index in [9.17, 15) is 57.4 Å². The Hall–Kier alpha value is -9.71. The van der Waals surface area contributed by atoms with Crippen molar-refractivity contribution in [3.63, 3.8) is 0 Å². The van der Waals surface area contributed by atoms with Gasteiger partial charge in [0.2, 0.25) is 0 Å². The van der Waals surface area contributed by atoms with Gasteiger partial charge in [-0.15, -0.1) is 58.0 Å². The lowest BCUT2D eigenvalue weighted by Gasteiger charge is -2.32. The number of esters is 8. The molecule has 0 amide bonds. The van der Waals surface area contributed by atoms with Crippen molar-refractivity contribution in [3.05, 3.63) is 123 Å². The molecule has 0 aromatic carbocycles. The van der Waals surface area contributed by atoms with Gasteiger partial charge >= 0.3 is 47.8 Å². The SMILES string of the molecule is C=C1N=C(N)C=CN1[C@@H]1O[C@](CCl)(COC(=O)C(N)C(C)C)[C@@H](O)[C@H]1F.C=C1N=C(N)C=CN1[C@@H]1O[C@](CCl)(COC(=O)CC)[C@@H](OC(=O)CC)[C@H]1F.C=C1N=C(N)C=CN1[C@@H]1O[C@](CCl)(COC(=O)CCCC)[C@@H](OC(=O)CCCC)[C@H]1F.C=C1N=C(N)C=CN1[C@@H]1O[C@](CCl)(COC(=O)CCCCCCC)[C@@H](O)[C@H]1F.C=C1N=C(N)C=CN1[C@@H]1O[C@](CCl)(COC(=O)CCCCCCC)[C@@H](OC(=O)CCCCCCC)[C@H]1F. The Morgan fingerprint density at radius 2 is 0.564 bits per heavy atom. The molecular weight excluding hydrogens is 2070 g/mol. The van der Waals surface area contributed by atoms with Gasteiger partial charge in [0.15, 0.2) is 97.1 Å². The Bertz CT molecular complexity index is 4820. The fourth-order valence-electron chi connectivity index (χ4n) is 16.1. The molecule has 10 rings (SSSR count). The van der Waals surface area contributed by atoms with Crippen molar-refractivity contribution in [2.75, 3.05) is 62.4 Å². The summed E-state index contributed by atoms with van der Waals surface area (Å²) in [6, 6.07) is -0.847. The zero-order valence-corrected chi connectivity index (χ0v) is 90.0. The summed E-state index contributed by atoms with van der Waals surface area (Å²) in [6.45, 7) is 33.8. The number of nitrogens with zero attached hydrogens (tertiary/aromatic N) is 10. The molecule has 0 bridgehead atoms. The van der Waals surface area contributed by atoms with Crippen LogP contribution in [0.5, 0.6) is 0 Å². The normalized spacial score (nSPS) is 28.9. The number of carbonyl (C=O) groups excluding carboxylic acids is 8. The lowest BCUT2D eigenvalue weighted by Crippen LogP contribution is -2.50. The van der Waals surface area contributed by atoms with Crippen molar-refractivity contribution >= 4 is 135 Å². The molecule has 0 aliphatic carbocycles. The van der Waals surface area contributed by atoms with Crippen LogP contribution in [0.15, 0.2) is 148 Å². The van der Waals surface area contributed by atoms with Crippen molar-refractivity contribution in [1.29, 1.82) is 0 Å². The first kappa shape index (κ1) is 128. The van der Waals surface area contributed by atoms with E-state index in [1.54, 1.807) is 27.7 Å². The zero-order valence-electron chi connectivity index (χ0n) is 86.3. The number of alkyl halides is 10. The molecule has 10 aliphatic rings. The zero-order chi connectivity index (χ0) is 111. The highest BCUT2D eigenvalue weighted by Crippen LogP contribution is 2.46. The van der Waals surface area contributed by atoms with Gasteiger partial charge in [0.1, 0.15) is 121 Å². The molecule has 0 saturated carbocycles. The van der Waals surface area contributed by atoms with E-state index in [0.717, 1.165) is 96.3 Å². The Kier molecular flexibility index (Phi) is 53.6. The summed E-state index contributed by atoms with van der Waals surface area (Å²) in [5.41, 5.74) is 26.0. The molecule has 10 aliphatic heterocycles. The summed E-state index contributed by atoms with van der Waals surface area (Å²) in [7, 11) is 0. The van der Waals surface area contributed by atoms with Gasteiger partial charge in [-0.2, -0.15) is 0 Å². The van der Waals surface area contributed by atoms with Crippen LogP contribution in [0.25, 0.3) is 0 Å². The summed E-state index contributed by atoms with van der Waals surface area (Å²) >= 11 is 30.5. The first-order valence-electron chi connectivity index (χ1n) is 50.2. The number of aliphatic hydroxyl groups is 2. The number of rotatable bonds is 51. The highest BCUT2D eigenvalue weighted by molar-refractivity contribution is 6.20. The molecule has 1 unspecified atom stereocenters. The Balaban J connectivity index is 0.000000286. The number of carbonyl (C=O) groups is 8. The van der Waals surface area contributed by atoms with E-state index in [4.69, 9.17) is 154 Å². The topological polar surface area (TPSA) is 531 Å². The van der Waals surface area contributed by atoms with Crippen molar-refractivity contribution in [2.24, 2.45) is 65.3 Å². The van der Waals surface area contributed by atoms with Gasteiger partial charge < -0.3 is 131 Å². The molecule has 5 fully saturated rings. The van der Waals surface area contributed by atoms with Gasteiger partial charge in [-0.05, 0) is 68.4 Å². The van der Waals surface area contributed by atoms with E-state index < -0.39 is 181 Å². The van der Waals surface area contributed by atoms with Crippen molar-refractivity contribution in [2.45, 2.75) is 356 Å². The minimum Gasteiger partial charge on any atom is -0.462 e. The standard InChI is InChI=1S/C27H43ClFN3O5.C21H31ClFN3O5.C19H29ClFN3O4.C17H23ClFN3O5.C16H24ClFN4O4/c1-4-6-8-10-12-14-22(33)35-19-27(18-28)25(36-23(34)15-13-11-9-7-5-2)24(29)26(37-27)32-17-16-21(30)31-20(32)3;1-4-6-8-16(27)29-13-21(12-22)19(30-17(28)9-7-5-2)18(23)20(31-21)26-11-10-15(24)25-14(26)3;1-3-4-5-6-7-8-15(25)27-12-19(11-20)17(26)16(21)18(28-19)24-10-9-14(22)23-13(24)2;1-4-12(23)25-9-17(8-18)15(26-13(24)5-2)14(19)16(27-17)22-7-6-11(20)21-10(22)3;1-8(2)12(20)15(24)25-7-16(6-17)13(23)11(18)14(26-16)22-5-4-10(19)21-9(22)3/h16-17,24-26H,3-15,18-19H2,1-2H3,(H2,30,31);10-11,18-20H,3-9,12-13H2,1-2H3,(H2,24,25);9-10,16-18,26H,2-8,11-12H2,1H3,(H2,22,23);6-7,14-16H,3-5,8-9H2,1-2H3,(H2,20,21);4-5,8,11-14,23H,3,6-7,20H2,1-2H3,(H2,19,21)/t24-,25+,26-,27-;18-,19+,20-,21-;16-,17+,18-,19-;14-,15+,16-,17-;11-,12?,13+,14-,16-/m11111/s1. The smallest absolute Gasteiger partial charge is 0.323 e. The van der Waals surface area contributed by atoms with Crippen LogP contribution in [0.1, 0.15) is 229 Å². The minimum atomic E-state index is -1.85. The molecule has 0 aromatic rings. The second-order valence-electron chi connectivity index (χ2n) is 37.2. The average Bonchev–Trinajstić information content (AvgIpc) is 1.61. The van der Waals surface area contributed by atoms with E-state index in [0.29, 0.717) is 25.7 Å². The summed E-state index contributed by atoms with van der Waals surface area (Å²) in [6.07, 6.45) is 10.9. The largest absolute Gasteiger partial charge is 0.462 e. The Morgan fingerprint density at radius 3 is 0.819 bits per heavy atom. The number of hydrogen-bond acceptors (Lipinski definition) is 39. The maximum absolute atomic E-state index is 15.9. The molecule has 21 atom stereocenters. The van der Waals surface area contributed by atoms with Gasteiger partial charge in [-0.1, -0.05) is 185 Å². The van der Waals surface area contributed by atoms with Crippen LogP contribution in [-0.4, -0.2) is 301 Å². The second kappa shape index (κ2) is 62.5. The van der Waals surface area contributed by atoms with Crippen molar-refractivity contribution < 1.29 is 132 Å². The molecule has 0 aromatic heterocycles. The quantitative estimate of drug-likeness (QED) is 0.00922. The predicted molar refractivity (Wildman–Crippen MR) is 554 cm³/mol. The second-order valence-corrected chi connectivity index (χ2v) is 38.5. The number of unbranched alkanes of at least 4 members (excludes halogenated alkanes) is 14. The molecule has 0 radical (unpaired) electrons. The minimum absolute atomic E-state index is 0.0398. The number of aliphatic imine (C=N–C) groups is 5. The van der Waals surface area contributed by atoms with Gasteiger partial charge in [0, 0.05) is 75.9 Å². The summed E-state index contributed by atoms with van der Waals surface area (Å²) in [5, 5.41) is 20.8. The maximum Gasteiger partial charge on any atom is 0.323 e. The number of halogens is 10. The molecule has 49 heteroatoms. The molecule has 0 spiro atoms. The molecule has 5 saturated heterocycles. The molecule has 149 heavy (non-hydrogen) atoms. The predicted octanol–water partition coefficient (Wildman–Crippen LogP) is 13.0. The maximum atomic E-state index is 15.9. The summed E-state index contributed by atoms with van der Waals surface area (Å²) in [4.78, 5) is 123. The van der Waals surface area contributed by atoms with Crippen LogP contribution < -0.4 is 34.4 Å². The van der Waals surface area contributed by atoms with E-state index in [2.05, 4.69) is 78.6 Å². The van der Waals surface area contributed by atoms with Gasteiger partial charge in [0.05, 0.1) is 29.4 Å². The van der Waals surface area contributed by atoms with E-state index in [1.807, 2.05) is 13.8 Å². The molecular formula is C100H150Cl5F5N16O23. The third-order valence-electron chi connectivity index (χ3n) is 25.2. The average molecular weight is 2220 g/mol. The highest BCUT2D eigenvalue weighted by Gasteiger charge is 2.65. The molecule has 39 nitrogen and oxygen atoms in total. The van der Waals surface area contributed by atoms with Crippen molar-refractivity contribution in [1.82, 2.24) is 24.5 Å². The number of ether oxygens (including phenoxy) is 13. The number of aliphatic hydroxyl groups excluding tert-OH is 2. The summed E-state index contributed by atoms with van der Waals surface area (Å²) in [5.74, 6) is -3.81. The first-order valence-corrected chi connectivity index (χ1v) is 52.8. The van der Waals surface area contributed by atoms with Gasteiger partial charge in [-0.25, -0.2) is 46.9 Å². The van der Waals surface area contributed by atoms with Crippen LogP contribution in [-0.2, 0) is 99.9 Å².